The third-order valence-corrected chi connectivity index (χ3v) is 8.55. The lowest BCUT2D eigenvalue weighted by atomic mass is 9.84. The summed E-state index contributed by atoms with van der Waals surface area (Å²) < 4.78 is 27.7. The molecule has 1 heterocycles. The Morgan fingerprint density at radius 2 is 1.70 bits per heavy atom. The second-order valence-corrected chi connectivity index (χ2v) is 10.5. The van der Waals surface area contributed by atoms with Crippen LogP contribution in [0.3, 0.4) is 0 Å². The minimum absolute atomic E-state index is 0.00287. The number of sulfonamides is 1. The summed E-state index contributed by atoms with van der Waals surface area (Å²) in [4.78, 5) is 13.0. The van der Waals surface area contributed by atoms with Gasteiger partial charge in [-0.2, -0.15) is 4.31 Å². The summed E-state index contributed by atoms with van der Waals surface area (Å²) in [5, 5.41) is 14.6. The summed E-state index contributed by atoms with van der Waals surface area (Å²) in [7, 11) is -3.57. The van der Waals surface area contributed by atoms with Crippen LogP contribution in [0.1, 0.15) is 38.5 Å². The molecular formula is C23H30N2O4S. The SMILES string of the molecule is O=C(N[C@@H]1CCCC[C@@H]1CO)C1CCN(S(=O)(=O)c2ccc3ccccc3c2)CC1. The Morgan fingerprint density at radius 1 is 1.00 bits per heavy atom. The highest BCUT2D eigenvalue weighted by Gasteiger charge is 2.34. The van der Waals surface area contributed by atoms with Gasteiger partial charge < -0.3 is 10.4 Å². The van der Waals surface area contributed by atoms with Gasteiger partial charge in [-0.15, -0.1) is 0 Å². The fourth-order valence-corrected chi connectivity index (χ4v) is 6.26. The first-order valence-corrected chi connectivity index (χ1v) is 12.3. The van der Waals surface area contributed by atoms with E-state index < -0.39 is 10.0 Å². The van der Waals surface area contributed by atoms with Gasteiger partial charge >= 0.3 is 0 Å². The van der Waals surface area contributed by atoms with Crippen LogP contribution in [0.15, 0.2) is 47.4 Å². The summed E-state index contributed by atoms with van der Waals surface area (Å²) >= 11 is 0. The first kappa shape index (κ1) is 21.3. The Morgan fingerprint density at radius 3 is 2.43 bits per heavy atom. The van der Waals surface area contributed by atoms with E-state index in [2.05, 4.69) is 5.32 Å². The monoisotopic (exact) mass is 430 g/mol. The number of hydrogen-bond acceptors (Lipinski definition) is 4. The van der Waals surface area contributed by atoms with Gasteiger partial charge in [0.1, 0.15) is 0 Å². The predicted octanol–water partition coefficient (Wildman–Crippen LogP) is 2.91. The van der Waals surface area contributed by atoms with Crippen molar-refractivity contribution in [3.8, 4) is 0 Å². The molecule has 1 aliphatic heterocycles. The van der Waals surface area contributed by atoms with E-state index in [-0.39, 0.29) is 30.4 Å². The number of fused-ring (bicyclic) bond motifs is 1. The summed E-state index contributed by atoms with van der Waals surface area (Å²) in [6.45, 7) is 0.802. The van der Waals surface area contributed by atoms with Crippen LogP contribution in [0.4, 0.5) is 0 Å². The van der Waals surface area contributed by atoms with Gasteiger partial charge in [-0.1, -0.05) is 43.2 Å². The minimum atomic E-state index is -3.57. The van der Waals surface area contributed by atoms with Gasteiger partial charge in [-0.05, 0) is 48.6 Å². The zero-order valence-electron chi connectivity index (χ0n) is 17.2. The molecule has 2 aromatic carbocycles. The van der Waals surface area contributed by atoms with Gasteiger partial charge in [0.25, 0.3) is 0 Å². The molecule has 1 aliphatic carbocycles. The average Bonchev–Trinajstić information content (AvgIpc) is 2.79. The van der Waals surface area contributed by atoms with Crippen molar-refractivity contribution < 1.29 is 18.3 Å². The second-order valence-electron chi connectivity index (χ2n) is 8.53. The first-order valence-electron chi connectivity index (χ1n) is 10.9. The maximum absolute atomic E-state index is 13.1. The molecule has 1 saturated heterocycles. The van der Waals surface area contributed by atoms with Crippen molar-refractivity contribution in [3.63, 3.8) is 0 Å². The molecule has 2 N–H and O–H groups in total. The smallest absolute Gasteiger partial charge is 0.243 e. The Hall–Kier alpha value is -1.96. The van der Waals surface area contributed by atoms with Crippen LogP contribution in [-0.2, 0) is 14.8 Å². The Labute approximate surface area is 178 Å². The Kier molecular flexibility index (Phi) is 6.41. The fourth-order valence-electron chi connectivity index (χ4n) is 4.75. The molecule has 162 valence electrons. The maximum atomic E-state index is 13.1. The van der Waals surface area contributed by atoms with Crippen LogP contribution in [0, 0.1) is 11.8 Å². The molecule has 4 rings (SSSR count). The van der Waals surface area contributed by atoms with Gasteiger partial charge in [0, 0.05) is 37.6 Å². The number of carbonyl (C=O) groups excluding carboxylic acids is 1. The van der Waals surface area contributed by atoms with E-state index in [9.17, 15) is 18.3 Å². The molecule has 2 fully saturated rings. The Balaban J connectivity index is 1.38. The van der Waals surface area contributed by atoms with E-state index in [4.69, 9.17) is 0 Å². The Bertz CT molecular complexity index is 999. The third-order valence-electron chi connectivity index (χ3n) is 6.65. The third kappa shape index (κ3) is 4.38. The highest BCUT2D eigenvalue weighted by Crippen LogP contribution is 2.28. The van der Waals surface area contributed by atoms with Crippen LogP contribution in [-0.4, -0.2) is 49.5 Å². The predicted molar refractivity (Wildman–Crippen MR) is 116 cm³/mol. The average molecular weight is 431 g/mol. The number of hydrogen-bond donors (Lipinski definition) is 2. The fraction of sp³-hybridized carbons (Fsp3) is 0.522. The molecule has 0 radical (unpaired) electrons. The van der Waals surface area contributed by atoms with Gasteiger partial charge in [0.05, 0.1) is 4.90 Å². The van der Waals surface area contributed by atoms with Gasteiger partial charge in [-0.3, -0.25) is 4.79 Å². The molecule has 2 atom stereocenters. The summed E-state index contributed by atoms with van der Waals surface area (Å²) in [6, 6.07) is 13.0. The van der Waals surface area contributed by atoms with Crippen LogP contribution >= 0.6 is 0 Å². The summed E-state index contributed by atoms with van der Waals surface area (Å²) in [5.74, 6) is -0.0338. The molecular weight excluding hydrogens is 400 g/mol. The van der Waals surface area contributed by atoms with Gasteiger partial charge in [0.2, 0.25) is 15.9 Å². The molecule has 0 aromatic heterocycles. The number of nitrogens with zero attached hydrogens (tertiary/aromatic N) is 1. The van der Waals surface area contributed by atoms with Gasteiger partial charge in [0.15, 0.2) is 0 Å². The van der Waals surface area contributed by atoms with Crippen molar-refractivity contribution >= 4 is 26.7 Å². The molecule has 0 spiro atoms. The number of benzene rings is 2. The summed E-state index contributed by atoms with van der Waals surface area (Å²) in [5.41, 5.74) is 0. The van der Waals surface area contributed by atoms with E-state index in [1.165, 1.54) is 4.31 Å². The van der Waals surface area contributed by atoms with E-state index in [0.717, 1.165) is 36.5 Å². The number of piperidine rings is 1. The van der Waals surface area contributed by atoms with Crippen molar-refractivity contribution in [3.05, 3.63) is 42.5 Å². The zero-order valence-corrected chi connectivity index (χ0v) is 18.0. The highest BCUT2D eigenvalue weighted by molar-refractivity contribution is 7.89. The second kappa shape index (κ2) is 9.04. The molecule has 0 bridgehead atoms. The first-order chi connectivity index (χ1) is 14.5. The molecule has 7 heteroatoms. The zero-order chi connectivity index (χ0) is 21.1. The quantitative estimate of drug-likeness (QED) is 0.764. The highest BCUT2D eigenvalue weighted by atomic mass is 32.2. The van der Waals surface area contributed by atoms with Crippen molar-refractivity contribution in [2.45, 2.75) is 49.5 Å². The number of carbonyl (C=O) groups is 1. The standard InChI is InChI=1S/C23H30N2O4S/c26-16-20-7-3-4-8-22(20)24-23(27)18-11-13-25(14-12-18)30(28,29)21-10-9-17-5-1-2-6-19(17)15-21/h1-2,5-6,9-10,15,18,20,22,26H,3-4,7-8,11-14,16H2,(H,24,27)/t20-,22-/m1/s1. The lowest BCUT2D eigenvalue weighted by Crippen LogP contribution is -2.48. The van der Waals surface area contributed by atoms with Crippen LogP contribution in [0.2, 0.25) is 0 Å². The number of rotatable bonds is 5. The maximum Gasteiger partial charge on any atom is 0.243 e. The largest absolute Gasteiger partial charge is 0.396 e. The molecule has 0 unspecified atom stereocenters. The van der Waals surface area contributed by atoms with E-state index >= 15 is 0 Å². The number of aliphatic hydroxyl groups excluding tert-OH is 1. The number of aliphatic hydroxyl groups is 1. The normalized spacial score (nSPS) is 24.0. The molecule has 1 saturated carbocycles. The van der Waals surface area contributed by atoms with Crippen molar-refractivity contribution in [1.82, 2.24) is 9.62 Å². The number of amides is 1. The molecule has 2 aromatic rings. The summed E-state index contributed by atoms with van der Waals surface area (Å²) in [6.07, 6.45) is 5.08. The van der Waals surface area contributed by atoms with Crippen LogP contribution < -0.4 is 5.32 Å². The number of nitrogens with one attached hydrogen (secondary N) is 1. The van der Waals surface area contributed by atoms with Crippen molar-refractivity contribution in [1.29, 1.82) is 0 Å². The van der Waals surface area contributed by atoms with Crippen LogP contribution in [0.5, 0.6) is 0 Å². The van der Waals surface area contributed by atoms with Crippen molar-refractivity contribution in [2.75, 3.05) is 19.7 Å². The van der Waals surface area contributed by atoms with E-state index in [1.54, 1.807) is 12.1 Å². The molecule has 30 heavy (non-hydrogen) atoms. The molecule has 2 aliphatic rings. The molecule has 1 amide bonds. The van der Waals surface area contributed by atoms with Crippen molar-refractivity contribution in [2.24, 2.45) is 11.8 Å². The lowest BCUT2D eigenvalue weighted by Gasteiger charge is -2.34. The van der Waals surface area contributed by atoms with E-state index in [1.807, 2.05) is 30.3 Å². The van der Waals surface area contributed by atoms with E-state index in [0.29, 0.717) is 30.8 Å². The topological polar surface area (TPSA) is 86.7 Å². The minimum Gasteiger partial charge on any atom is -0.396 e. The molecule has 6 nitrogen and oxygen atoms in total. The lowest BCUT2D eigenvalue weighted by molar-refractivity contribution is -0.127. The van der Waals surface area contributed by atoms with Gasteiger partial charge in [-0.25, -0.2) is 8.42 Å². The van der Waals surface area contributed by atoms with Crippen LogP contribution in [0.25, 0.3) is 10.8 Å².